The van der Waals surface area contributed by atoms with Crippen molar-refractivity contribution in [2.24, 2.45) is 29.1 Å². The SMILES string of the molecule is CCC(CCC(C(=O)O)C(C)(C)CC(C)C)CC(C)C(=O)O. The summed E-state index contributed by atoms with van der Waals surface area (Å²) in [5.41, 5.74) is -0.239. The summed E-state index contributed by atoms with van der Waals surface area (Å²) in [5.74, 6) is -1.49. The van der Waals surface area contributed by atoms with Crippen LogP contribution in [-0.4, -0.2) is 22.2 Å². The van der Waals surface area contributed by atoms with Gasteiger partial charge in [0.25, 0.3) is 0 Å². The van der Waals surface area contributed by atoms with Crippen LogP contribution < -0.4 is 0 Å². The highest BCUT2D eigenvalue weighted by atomic mass is 16.4. The van der Waals surface area contributed by atoms with Crippen LogP contribution in [0.1, 0.15) is 73.6 Å². The van der Waals surface area contributed by atoms with Crippen molar-refractivity contribution in [1.82, 2.24) is 0 Å². The van der Waals surface area contributed by atoms with Crippen molar-refractivity contribution in [1.29, 1.82) is 0 Å². The molecular weight excluding hydrogens is 280 g/mol. The molecule has 0 aromatic heterocycles. The minimum atomic E-state index is -0.770. The molecule has 0 saturated carbocycles. The number of aliphatic carboxylic acids is 2. The molecule has 0 fully saturated rings. The molecule has 0 aliphatic heterocycles. The standard InChI is InChI=1S/C18H34O4/c1-7-14(10-13(4)16(19)20)8-9-15(17(21)22)18(5,6)11-12(2)3/h12-15H,7-11H2,1-6H3,(H,19,20)(H,21,22). The second kappa shape index (κ2) is 9.16. The van der Waals surface area contributed by atoms with Gasteiger partial charge in [0.1, 0.15) is 0 Å². The van der Waals surface area contributed by atoms with Crippen LogP contribution in [0.4, 0.5) is 0 Å². The zero-order valence-electron chi connectivity index (χ0n) is 15.1. The Kier molecular flexibility index (Phi) is 8.72. The van der Waals surface area contributed by atoms with E-state index in [1.54, 1.807) is 6.92 Å². The van der Waals surface area contributed by atoms with Gasteiger partial charge in [0.2, 0.25) is 0 Å². The van der Waals surface area contributed by atoms with Gasteiger partial charge in [0.05, 0.1) is 11.8 Å². The quantitative estimate of drug-likeness (QED) is 0.581. The van der Waals surface area contributed by atoms with Crippen LogP contribution in [0.15, 0.2) is 0 Å². The number of carbonyl (C=O) groups is 2. The minimum absolute atomic E-state index is 0.239. The first-order chi connectivity index (χ1) is 10.0. The predicted octanol–water partition coefficient (Wildman–Crippen LogP) is 4.68. The topological polar surface area (TPSA) is 74.6 Å². The summed E-state index contributed by atoms with van der Waals surface area (Å²) >= 11 is 0. The fraction of sp³-hybridized carbons (Fsp3) is 0.889. The van der Waals surface area contributed by atoms with Gasteiger partial charge in [-0.3, -0.25) is 9.59 Å². The molecule has 0 saturated heterocycles. The fourth-order valence-electron chi connectivity index (χ4n) is 3.53. The number of rotatable bonds is 11. The molecule has 3 atom stereocenters. The van der Waals surface area contributed by atoms with Gasteiger partial charge in [-0.2, -0.15) is 0 Å². The summed E-state index contributed by atoms with van der Waals surface area (Å²) in [6.07, 6.45) is 3.82. The molecule has 0 bridgehead atoms. The molecule has 0 spiro atoms. The largest absolute Gasteiger partial charge is 0.481 e. The van der Waals surface area contributed by atoms with E-state index in [2.05, 4.69) is 13.8 Å². The second-order valence-corrected chi connectivity index (χ2v) is 7.80. The van der Waals surface area contributed by atoms with Gasteiger partial charge in [-0.05, 0) is 42.9 Å². The normalized spacial score (nSPS) is 16.3. The molecular formula is C18H34O4. The van der Waals surface area contributed by atoms with E-state index < -0.39 is 11.9 Å². The van der Waals surface area contributed by atoms with Crippen LogP contribution in [0, 0.1) is 29.1 Å². The zero-order valence-corrected chi connectivity index (χ0v) is 15.1. The van der Waals surface area contributed by atoms with Gasteiger partial charge in [-0.15, -0.1) is 0 Å². The van der Waals surface area contributed by atoms with Crippen LogP contribution >= 0.6 is 0 Å². The van der Waals surface area contributed by atoms with Crippen molar-refractivity contribution < 1.29 is 19.8 Å². The summed E-state index contributed by atoms with van der Waals surface area (Å²) in [5, 5.41) is 18.6. The molecule has 0 radical (unpaired) electrons. The van der Waals surface area contributed by atoms with Crippen molar-refractivity contribution in [2.45, 2.75) is 73.6 Å². The van der Waals surface area contributed by atoms with Gasteiger partial charge >= 0.3 is 11.9 Å². The van der Waals surface area contributed by atoms with E-state index in [0.29, 0.717) is 18.8 Å². The molecule has 2 N–H and O–H groups in total. The minimum Gasteiger partial charge on any atom is -0.481 e. The van der Waals surface area contributed by atoms with E-state index in [0.717, 1.165) is 19.3 Å². The third kappa shape index (κ3) is 7.28. The Hall–Kier alpha value is -1.06. The van der Waals surface area contributed by atoms with Crippen LogP contribution in [0.2, 0.25) is 0 Å². The molecule has 0 aliphatic carbocycles. The Morgan fingerprint density at radius 1 is 1.00 bits per heavy atom. The van der Waals surface area contributed by atoms with Gasteiger partial charge in [0.15, 0.2) is 0 Å². The lowest BCUT2D eigenvalue weighted by Crippen LogP contribution is -2.32. The van der Waals surface area contributed by atoms with Crippen molar-refractivity contribution in [3.8, 4) is 0 Å². The molecule has 0 heterocycles. The molecule has 130 valence electrons. The van der Waals surface area contributed by atoms with Gasteiger partial charge in [-0.1, -0.05) is 48.0 Å². The van der Waals surface area contributed by atoms with E-state index in [4.69, 9.17) is 5.11 Å². The maximum atomic E-state index is 11.7. The lowest BCUT2D eigenvalue weighted by Gasteiger charge is -2.34. The summed E-state index contributed by atoms with van der Waals surface area (Å²) in [7, 11) is 0. The average molecular weight is 314 g/mol. The highest BCUT2D eigenvalue weighted by Crippen LogP contribution is 2.38. The molecule has 0 rings (SSSR count). The predicted molar refractivity (Wildman–Crippen MR) is 88.8 cm³/mol. The van der Waals surface area contributed by atoms with Crippen LogP contribution in [0.3, 0.4) is 0 Å². The van der Waals surface area contributed by atoms with E-state index in [1.807, 2.05) is 20.8 Å². The molecule has 3 unspecified atom stereocenters. The lowest BCUT2D eigenvalue weighted by atomic mass is 9.70. The number of hydrogen-bond acceptors (Lipinski definition) is 2. The Labute approximate surface area is 135 Å². The third-order valence-corrected chi connectivity index (χ3v) is 4.73. The maximum absolute atomic E-state index is 11.7. The van der Waals surface area contributed by atoms with E-state index in [9.17, 15) is 14.7 Å². The zero-order chi connectivity index (χ0) is 17.5. The molecule has 0 aromatic carbocycles. The molecule has 22 heavy (non-hydrogen) atoms. The number of carboxylic acid groups (broad SMARTS) is 2. The molecule has 0 aliphatic rings. The number of hydrogen-bond donors (Lipinski definition) is 2. The average Bonchev–Trinajstić information content (AvgIpc) is 2.34. The smallest absolute Gasteiger partial charge is 0.307 e. The van der Waals surface area contributed by atoms with E-state index >= 15 is 0 Å². The van der Waals surface area contributed by atoms with Gasteiger partial charge in [-0.25, -0.2) is 0 Å². The second-order valence-electron chi connectivity index (χ2n) is 7.80. The summed E-state index contributed by atoms with van der Waals surface area (Å²) in [4.78, 5) is 22.6. The van der Waals surface area contributed by atoms with Crippen molar-refractivity contribution in [3.63, 3.8) is 0 Å². The van der Waals surface area contributed by atoms with Gasteiger partial charge < -0.3 is 10.2 Å². The van der Waals surface area contributed by atoms with Crippen LogP contribution in [0.25, 0.3) is 0 Å². The molecule has 0 aromatic rings. The summed E-state index contributed by atoms with van der Waals surface area (Å²) in [6.45, 7) is 12.1. The summed E-state index contributed by atoms with van der Waals surface area (Å²) in [6, 6.07) is 0. The van der Waals surface area contributed by atoms with Crippen molar-refractivity contribution >= 4 is 11.9 Å². The fourth-order valence-corrected chi connectivity index (χ4v) is 3.53. The first-order valence-corrected chi connectivity index (χ1v) is 8.46. The third-order valence-electron chi connectivity index (χ3n) is 4.73. The summed E-state index contributed by atoms with van der Waals surface area (Å²) < 4.78 is 0. The monoisotopic (exact) mass is 314 g/mol. The highest BCUT2D eigenvalue weighted by Gasteiger charge is 2.35. The van der Waals surface area contributed by atoms with Crippen molar-refractivity contribution in [2.75, 3.05) is 0 Å². The van der Waals surface area contributed by atoms with E-state index in [-0.39, 0.29) is 23.2 Å². The van der Waals surface area contributed by atoms with E-state index in [1.165, 1.54) is 0 Å². The molecule has 0 amide bonds. The van der Waals surface area contributed by atoms with Crippen LogP contribution in [-0.2, 0) is 9.59 Å². The van der Waals surface area contributed by atoms with Crippen LogP contribution in [0.5, 0.6) is 0 Å². The first kappa shape index (κ1) is 20.9. The Morgan fingerprint density at radius 2 is 1.55 bits per heavy atom. The maximum Gasteiger partial charge on any atom is 0.307 e. The first-order valence-electron chi connectivity index (χ1n) is 8.46. The van der Waals surface area contributed by atoms with Gasteiger partial charge in [0, 0.05) is 0 Å². The molecule has 4 nitrogen and oxygen atoms in total. The highest BCUT2D eigenvalue weighted by molar-refractivity contribution is 5.71. The molecule has 4 heteroatoms. The van der Waals surface area contributed by atoms with Crippen molar-refractivity contribution in [3.05, 3.63) is 0 Å². The Morgan fingerprint density at radius 3 is 1.91 bits per heavy atom. The Bertz CT molecular complexity index is 360. The Balaban J connectivity index is 4.75. The number of carboxylic acids is 2. The lowest BCUT2D eigenvalue weighted by molar-refractivity contribution is -0.147.